The predicted octanol–water partition coefficient (Wildman–Crippen LogP) is 1.48. The van der Waals surface area contributed by atoms with E-state index in [9.17, 15) is 0 Å². The van der Waals surface area contributed by atoms with Crippen LogP contribution in [-0.4, -0.2) is 41.9 Å². The summed E-state index contributed by atoms with van der Waals surface area (Å²) in [6.07, 6.45) is 6.02. The maximum Gasteiger partial charge on any atom is 0.159 e. The topological polar surface area (TPSA) is 48.3 Å². The summed E-state index contributed by atoms with van der Waals surface area (Å²) < 4.78 is 13.0. The van der Waals surface area contributed by atoms with Gasteiger partial charge in [-0.25, -0.2) is 0 Å². The molecule has 0 aliphatic carbocycles. The van der Waals surface area contributed by atoms with Crippen LogP contribution in [0.15, 0.2) is 12.3 Å². The molecule has 108 valence electrons. The molecule has 19 heavy (non-hydrogen) atoms. The van der Waals surface area contributed by atoms with Crippen LogP contribution in [0.2, 0.25) is 0 Å². The van der Waals surface area contributed by atoms with Gasteiger partial charge < -0.3 is 14.8 Å². The van der Waals surface area contributed by atoms with Crippen molar-refractivity contribution >= 4 is 0 Å². The summed E-state index contributed by atoms with van der Waals surface area (Å²) in [5.41, 5.74) is 1.27. The van der Waals surface area contributed by atoms with Crippen LogP contribution in [0.1, 0.15) is 31.9 Å². The van der Waals surface area contributed by atoms with Crippen molar-refractivity contribution in [2.24, 2.45) is 7.05 Å². The minimum absolute atomic E-state index is 0.0270. The van der Waals surface area contributed by atoms with Crippen LogP contribution in [0.4, 0.5) is 0 Å². The van der Waals surface area contributed by atoms with Gasteiger partial charge in [0.25, 0.3) is 0 Å². The molecule has 1 saturated heterocycles. The second-order valence-electron chi connectivity index (χ2n) is 5.04. The van der Waals surface area contributed by atoms with Gasteiger partial charge in [-0.2, -0.15) is 5.10 Å². The number of hydrogen-bond acceptors (Lipinski definition) is 4. The molecule has 2 heterocycles. The number of nitrogens with one attached hydrogen (secondary N) is 1. The predicted molar refractivity (Wildman–Crippen MR) is 73.9 cm³/mol. The SMILES string of the molecule is CCCNC(CCc1ccnn1C)CC1OCCO1. The van der Waals surface area contributed by atoms with Crippen molar-refractivity contribution in [2.75, 3.05) is 19.8 Å². The fraction of sp³-hybridized carbons (Fsp3) is 0.786. The molecule has 0 saturated carbocycles. The summed E-state index contributed by atoms with van der Waals surface area (Å²) in [5.74, 6) is 0. The Morgan fingerprint density at radius 1 is 1.47 bits per heavy atom. The Bertz CT molecular complexity index is 361. The van der Waals surface area contributed by atoms with E-state index in [1.54, 1.807) is 0 Å². The first kappa shape index (κ1) is 14.5. The van der Waals surface area contributed by atoms with Crippen molar-refractivity contribution in [3.63, 3.8) is 0 Å². The zero-order valence-electron chi connectivity index (χ0n) is 12.0. The average molecular weight is 267 g/mol. The van der Waals surface area contributed by atoms with E-state index >= 15 is 0 Å². The summed E-state index contributed by atoms with van der Waals surface area (Å²) in [5, 5.41) is 7.80. The molecule has 0 aromatic carbocycles. The van der Waals surface area contributed by atoms with Gasteiger partial charge in [-0.15, -0.1) is 0 Å². The number of aromatic nitrogens is 2. The van der Waals surface area contributed by atoms with Crippen LogP contribution >= 0.6 is 0 Å². The fourth-order valence-electron chi connectivity index (χ4n) is 2.40. The molecule has 1 aromatic heterocycles. The second-order valence-corrected chi connectivity index (χ2v) is 5.04. The van der Waals surface area contributed by atoms with Gasteiger partial charge >= 0.3 is 0 Å². The van der Waals surface area contributed by atoms with E-state index in [0.717, 1.165) is 45.4 Å². The Kier molecular flexibility index (Phi) is 5.82. The number of nitrogens with zero attached hydrogens (tertiary/aromatic N) is 2. The molecule has 0 amide bonds. The van der Waals surface area contributed by atoms with E-state index in [0.29, 0.717) is 6.04 Å². The van der Waals surface area contributed by atoms with E-state index < -0.39 is 0 Å². The van der Waals surface area contributed by atoms with Gasteiger partial charge in [-0.3, -0.25) is 4.68 Å². The first-order chi connectivity index (χ1) is 9.29. The van der Waals surface area contributed by atoms with Crippen molar-refractivity contribution < 1.29 is 9.47 Å². The van der Waals surface area contributed by atoms with E-state index in [4.69, 9.17) is 9.47 Å². The molecule has 1 aliphatic rings. The first-order valence-electron chi connectivity index (χ1n) is 7.23. The van der Waals surface area contributed by atoms with Gasteiger partial charge in [-0.1, -0.05) is 6.92 Å². The maximum atomic E-state index is 5.54. The lowest BCUT2D eigenvalue weighted by Gasteiger charge is -2.21. The van der Waals surface area contributed by atoms with Crippen molar-refractivity contribution in [1.82, 2.24) is 15.1 Å². The second kappa shape index (κ2) is 7.62. The number of rotatable bonds is 8. The molecule has 0 radical (unpaired) electrons. The normalized spacial score (nSPS) is 18.0. The Morgan fingerprint density at radius 3 is 2.89 bits per heavy atom. The van der Waals surface area contributed by atoms with Crippen LogP contribution in [0, 0.1) is 0 Å². The van der Waals surface area contributed by atoms with E-state index in [1.807, 2.05) is 17.9 Å². The lowest BCUT2D eigenvalue weighted by atomic mass is 10.1. The molecule has 0 bridgehead atoms. The quantitative estimate of drug-likeness (QED) is 0.775. The van der Waals surface area contributed by atoms with Crippen LogP contribution in [0.5, 0.6) is 0 Å². The Hall–Kier alpha value is -0.910. The summed E-state index contributed by atoms with van der Waals surface area (Å²) in [4.78, 5) is 0. The summed E-state index contributed by atoms with van der Waals surface area (Å²) in [7, 11) is 1.99. The van der Waals surface area contributed by atoms with E-state index in [2.05, 4.69) is 23.4 Å². The highest BCUT2D eigenvalue weighted by molar-refractivity contribution is 5.00. The van der Waals surface area contributed by atoms with E-state index in [-0.39, 0.29) is 6.29 Å². The Balaban J connectivity index is 1.80. The summed E-state index contributed by atoms with van der Waals surface area (Å²) in [6, 6.07) is 2.53. The Labute approximate surface area is 115 Å². The number of hydrogen-bond donors (Lipinski definition) is 1. The van der Waals surface area contributed by atoms with Crippen molar-refractivity contribution in [3.8, 4) is 0 Å². The van der Waals surface area contributed by atoms with Crippen LogP contribution in [-0.2, 0) is 22.9 Å². The summed E-state index contributed by atoms with van der Waals surface area (Å²) >= 11 is 0. The molecule has 1 N–H and O–H groups in total. The maximum absolute atomic E-state index is 5.54. The van der Waals surface area contributed by atoms with Crippen LogP contribution in [0.3, 0.4) is 0 Å². The molecular formula is C14H25N3O2. The van der Waals surface area contributed by atoms with Gasteiger partial charge in [0, 0.05) is 31.4 Å². The fourth-order valence-corrected chi connectivity index (χ4v) is 2.40. The summed E-state index contributed by atoms with van der Waals surface area (Å²) in [6.45, 7) is 4.69. The lowest BCUT2D eigenvalue weighted by Crippen LogP contribution is -2.34. The van der Waals surface area contributed by atoms with Gasteiger partial charge in [-0.05, 0) is 31.9 Å². The third kappa shape index (κ3) is 4.60. The molecule has 0 spiro atoms. The smallest absolute Gasteiger partial charge is 0.159 e. The zero-order valence-corrected chi connectivity index (χ0v) is 12.0. The molecule has 1 atom stereocenters. The van der Waals surface area contributed by atoms with Gasteiger partial charge in [0.15, 0.2) is 6.29 Å². The Morgan fingerprint density at radius 2 is 2.26 bits per heavy atom. The number of ether oxygens (including phenoxy) is 2. The van der Waals surface area contributed by atoms with Gasteiger partial charge in [0.05, 0.1) is 13.2 Å². The van der Waals surface area contributed by atoms with Crippen molar-refractivity contribution in [2.45, 2.75) is 44.9 Å². The molecule has 1 aliphatic heterocycles. The zero-order chi connectivity index (χ0) is 13.5. The minimum Gasteiger partial charge on any atom is -0.350 e. The van der Waals surface area contributed by atoms with Crippen molar-refractivity contribution in [3.05, 3.63) is 18.0 Å². The molecule has 2 rings (SSSR count). The van der Waals surface area contributed by atoms with Gasteiger partial charge in [0.1, 0.15) is 0 Å². The highest BCUT2D eigenvalue weighted by Crippen LogP contribution is 2.14. The highest BCUT2D eigenvalue weighted by Gasteiger charge is 2.21. The highest BCUT2D eigenvalue weighted by atomic mass is 16.7. The van der Waals surface area contributed by atoms with Gasteiger partial charge in [0.2, 0.25) is 0 Å². The number of aryl methyl sites for hydroxylation is 2. The third-order valence-electron chi connectivity index (χ3n) is 3.52. The van der Waals surface area contributed by atoms with E-state index in [1.165, 1.54) is 5.69 Å². The molecule has 5 nitrogen and oxygen atoms in total. The molecule has 1 aromatic rings. The van der Waals surface area contributed by atoms with Crippen LogP contribution in [0.25, 0.3) is 0 Å². The standard InChI is InChI=1S/C14H25N3O2/c1-3-7-15-12(11-14-18-9-10-19-14)4-5-13-6-8-16-17(13)2/h6,8,12,14-15H,3-5,7,9-11H2,1-2H3. The lowest BCUT2D eigenvalue weighted by molar-refractivity contribution is -0.0531. The van der Waals surface area contributed by atoms with Crippen molar-refractivity contribution in [1.29, 1.82) is 0 Å². The monoisotopic (exact) mass is 267 g/mol. The molecule has 1 fully saturated rings. The minimum atomic E-state index is -0.0270. The molecule has 5 heteroatoms. The average Bonchev–Trinajstić information content (AvgIpc) is 3.04. The largest absolute Gasteiger partial charge is 0.350 e. The first-order valence-corrected chi connectivity index (χ1v) is 7.23. The molecule has 1 unspecified atom stereocenters. The van der Waals surface area contributed by atoms with Crippen LogP contribution < -0.4 is 5.32 Å². The third-order valence-corrected chi connectivity index (χ3v) is 3.52. The molecular weight excluding hydrogens is 242 g/mol.